The Morgan fingerprint density at radius 2 is 1.87 bits per heavy atom. The number of hydrogen-bond acceptors (Lipinski definition) is 6. The van der Waals surface area contributed by atoms with E-state index in [-0.39, 0.29) is 5.41 Å². The Hall–Kier alpha value is -2.60. The highest BCUT2D eigenvalue weighted by molar-refractivity contribution is 5.47. The number of nitrogens with one attached hydrogen (secondary N) is 1. The zero-order chi connectivity index (χ0) is 15.5. The minimum Gasteiger partial charge on any atom is -0.338 e. The molecule has 6 heteroatoms. The molecule has 4 rings (SSSR count). The lowest BCUT2D eigenvalue weighted by Crippen LogP contribution is -2.41. The van der Waals surface area contributed by atoms with Crippen LogP contribution >= 0.6 is 0 Å². The number of piperidine rings is 1. The van der Waals surface area contributed by atoms with Crippen molar-refractivity contribution in [1.29, 1.82) is 0 Å². The number of aromatic nitrogens is 4. The number of nitrogens with zero attached hydrogens (tertiary/aromatic N) is 4. The summed E-state index contributed by atoms with van der Waals surface area (Å²) in [5.41, 5.74) is 1.66. The summed E-state index contributed by atoms with van der Waals surface area (Å²) in [6.07, 6.45) is 5.03. The van der Waals surface area contributed by atoms with Gasteiger partial charge in [-0.3, -0.25) is 0 Å². The fourth-order valence-corrected chi connectivity index (χ4v) is 3.18. The highest BCUT2D eigenvalue weighted by atomic mass is 16.5. The molecule has 23 heavy (non-hydrogen) atoms. The van der Waals surface area contributed by atoms with E-state index in [1.165, 1.54) is 11.9 Å². The Kier molecular flexibility index (Phi) is 3.59. The number of benzene rings is 1. The summed E-state index contributed by atoms with van der Waals surface area (Å²) in [7, 11) is 0. The highest BCUT2D eigenvalue weighted by Gasteiger charge is 2.41. The fraction of sp³-hybridized carbons (Fsp3) is 0.294. The standard InChI is InChI=1S/C17H17N5O/c1-2-4-13(5-3-1)17(7-10-18-11-8-17)16-21-15(22-23-16)14-6-9-19-12-20-14/h1-6,9,12,18H,7-8,10-11H2. The van der Waals surface area contributed by atoms with Crippen LogP contribution in [0.5, 0.6) is 0 Å². The molecular formula is C17H17N5O. The SMILES string of the molecule is c1ccc(C2(c3nc(-c4ccncn4)no3)CCNCC2)cc1. The summed E-state index contributed by atoms with van der Waals surface area (Å²) in [6, 6.07) is 12.2. The van der Waals surface area contributed by atoms with Crippen molar-refractivity contribution < 1.29 is 4.52 Å². The molecule has 1 aromatic carbocycles. The average molecular weight is 307 g/mol. The topological polar surface area (TPSA) is 76.7 Å². The van der Waals surface area contributed by atoms with E-state index in [0.29, 0.717) is 17.4 Å². The first kappa shape index (κ1) is 14.0. The molecule has 3 aromatic rings. The molecule has 1 saturated heterocycles. The molecule has 0 atom stereocenters. The van der Waals surface area contributed by atoms with Gasteiger partial charge < -0.3 is 9.84 Å². The molecule has 1 N–H and O–H groups in total. The Bertz CT molecular complexity index is 766. The number of hydrogen-bond donors (Lipinski definition) is 1. The lowest BCUT2D eigenvalue weighted by atomic mass is 9.73. The van der Waals surface area contributed by atoms with Gasteiger partial charge in [-0.2, -0.15) is 4.98 Å². The summed E-state index contributed by atoms with van der Waals surface area (Å²) in [4.78, 5) is 12.8. The van der Waals surface area contributed by atoms with E-state index in [2.05, 4.69) is 49.7 Å². The first-order valence-corrected chi connectivity index (χ1v) is 7.75. The van der Waals surface area contributed by atoms with Crippen molar-refractivity contribution in [2.24, 2.45) is 0 Å². The largest absolute Gasteiger partial charge is 0.338 e. The van der Waals surface area contributed by atoms with Crippen LogP contribution in [0.1, 0.15) is 24.3 Å². The van der Waals surface area contributed by atoms with Crippen molar-refractivity contribution in [2.45, 2.75) is 18.3 Å². The predicted octanol–water partition coefficient (Wildman–Crippen LogP) is 2.20. The summed E-state index contributed by atoms with van der Waals surface area (Å²) < 4.78 is 5.67. The fourth-order valence-electron chi connectivity index (χ4n) is 3.18. The Morgan fingerprint density at radius 3 is 2.61 bits per heavy atom. The normalized spacial score (nSPS) is 17.0. The van der Waals surface area contributed by atoms with Gasteiger partial charge in [0.2, 0.25) is 11.7 Å². The summed E-state index contributed by atoms with van der Waals surface area (Å²) >= 11 is 0. The highest BCUT2D eigenvalue weighted by Crippen LogP contribution is 2.39. The monoisotopic (exact) mass is 307 g/mol. The quantitative estimate of drug-likeness (QED) is 0.799. The molecule has 0 aliphatic carbocycles. The van der Waals surface area contributed by atoms with Crippen LogP contribution in [0.15, 0.2) is 53.4 Å². The van der Waals surface area contributed by atoms with Gasteiger partial charge in [0, 0.05) is 6.20 Å². The molecule has 0 spiro atoms. The van der Waals surface area contributed by atoms with Gasteiger partial charge in [-0.05, 0) is 37.6 Å². The molecule has 3 heterocycles. The minimum absolute atomic E-state index is 0.231. The van der Waals surface area contributed by atoms with Crippen molar-refractivity contribution in [3.63, 3.8) is 0 Å². The van der Waals surface area contributed by atoms with Gasteiger partial charge in [-0.25, -0.2) is 9.97 Å². The Morgan fingerprint density at radius 1 is 1.04 bits per heavy atom. The first-order valence-electron chi connectivity index (χ1n) is 7.75. The molecule has 6 nitrogen and oxygen atoms in total. The maximum Gasteiger partial charge on any atom is 0.237 e. The summed E-state index contributed by atoms with van der Waals surface area (Å²) in [5.74, 6) is 1.18. The van der Waals surface area contributed by atoms with Crippen LogP contribution in [0.3, 0.4) is 0 Å². The van der Waals surface area contributed by atoms with Gasteiger partial charge >= 0.3 is 0 Å². The average Bonchev–Trinajstić information content (AvgIpc) is 3.14. The van der Waals surface area contributed by atoms with Crippen LogP contribution < -0.4 is 5.32 Å². The van der Waals surface area contributed by atoms with E-state index >= 15 is 0 Å². The second kappa shape index (κ2) is 5.89. The lowest BCUT2D eigenvalue weighted by Gasteiger charge is -2.34. The second-order valence-corrected chi connectivity index (χ2v) is 5.72. The van der Waals surface area contributed by atoms with Crippen LogP contribution in [0.25, 0.3) is 11.5 Å². The lowest BCUT2D eigenvalue weighted by molar-refractivity contribution is 0.260. The van der Waals surface area contributed by atoms with Gasteiger partial charge in [-0.15, -0.1) is 0 Å². The molecule has 1 aliphatic heterocycles. The minimum atomic E-state index is -0.231. The molecule has 0 radical (unpaired) electrons. The molecule has 116 valence electrons. The van der Waals surface area contributed by atoms with E-state index in [0.717, 1.165) is 25.9 Å². The Balaban J connectivity index is 1.78. The third kappa shape index (κ3) is 2.51. The van der Waals surface area contributed by atoms with Crippen molar-refractivity contribution >= 4 is 0 Å². The van der Waals surface area contributed by atoms with Gasteiger partial charge in [0.05, 0.1) is 5.41 Å². The van der Waals surface area contributed by atoms with E-state index in [4.69, 9.17) is 4.52 Å². The molecule has 0 saturated carbocycles. The smallest absolute Gasteiger partial charge is 0.237 e. The van der Waals surface area contributed by atoms with Crippen LogP contribution in [0, 0.1) is 0 Å². The van der Waals surface area contributed by atoms with Crippen LogP contribution in [0.2, 0.25) is 0 Å². The maximum atomic E-state index is 5.67. The van der Waals surface area contributed by atoms with Crippen molar-refractivity contribution in [3.8, 4) is 11.5 Å². The van der Waals surface area contributed by atoms with E-state index in [1.807, 2.05) is 6.07 Å². The van der Waals surface area contributed by atoms with Crippen LogP contribution in [0.4, 0.5) is 0 Å². The Labute approximate surface area is 134 Å². The first-order chi connectivity index (χ1) is 11.4. The van der Waals surface area contributed by atoms with Crippen molar-refractivity contribution in [1.82, 2.24) is 25.4 Å². The molecule has 0 unspecified atom stereocenters. The van der Waals surface area contributed by atoms with Gasteiger partial charge in [-0.1, -0.05) is 35.5 Å². The second-order valence-electron chi connectivity index (χ2n) is 5.72. The number of rotatable bonds is 3. The molecule has 1 aliphatic rings. The van der Waals surface area contributed by atoms with Gasteiger partial charge in [0.15, 0.2) is 0 Å². The summed E-state index contributed by atoms with van der Waals surface area (Å²) in [6.45, 7) is 1.86. The van der Waals surface area contributed by atoms with E-state index < -0.39 is 0 Å². The van der Waals surface area contributed by atoms with Gasteiger partial charge in [0.1, 0.15) is 12.0 Å². The van der Waals surface area contributed by atoms with Crippen LogP contribution in [-0.4, -0.2) is 33.2 Å². The van der Waals surface area contributed by atoms with Crippen molar-refractivity contribution in [2.75, 3.05) is 13.1 Å². The van der Waals surface area contributed by atoms with Crippen molar-refractivity contribution in [3.05, 3.63) is 60.4 Å². The molecule has 2 aromatic heterocycles. The third-order valence-electron chi connectivity index (χ3n) is 4.43. The van der Waals surface area contributed by atoms with Crippen LogP contribution in [-0.2, 0) is 5.41 Å². The molecule has 1 fully saturated rings. The van der Waals surface area contributed by atoms with E-state index in [1.54, 1.807) is 12.3 Å². The van der Waals surface area contributed by atoms with E-state index in [9.17, 15) is 0 Å². The molecule has 0 amide bonds. The zero-order valence-corrected chi connectivity index (χ0v) is 12.6. The maximum absolute atomic E-state index is 5.67. The summed E-state index contributed by atoms with van der Waals surface area (Å²) in [5, 5.41) is 7.54. The predicted molar refractivity (Wildman–Crippen MR) is 84.6 cm³/mol. The molecular weight excluding hydrogens is 290 g/mol. The molecule has 0 bridgehead atoms. The third-order valence-corrected chi connectivity index (χ3v) is 4.43. The van der Waals surface area contributed by atoms with Gasteiger partial charge in [0.25, 0.3) is 0 Å². The zero-order valence-electron chi connectivity index (χ0n) is 12.6.